The number of rotatable bonds is 11. The number of hydrogen-bond donors (Lipinski definition) is 1. The third-order valence-electron chi connectivity index (χ3n) is 7.60. The zero-order valence-electron chi connectivity index (χ0n) is 24.3. The van der Waals surface area contributed by atoms with Crippen molar-refractivity contribution in [3.8, 4) is 11.3 Å². The summed E-state index contributed by atoms with van der Waals surface area (Å²) < 4.78 is 77.8. The third-order valence-corrected chi connectivity index (χ3v) is 8.86. The minimum Gasteiger partial charge on any atom is -0.391 e. The van der Waals surface area contributed by atoms with Gasteiger partial charge in [-0.1, -0.05) is 18.5 Å². The van der Waals surface area contributed by atoms with Crippen LogP contribution in [0, 0.1) is 5.82 Å². The molecule has 0 bridgehead atoms. The Morgan fingerprint density at radius 3 is 2.71 bits per heavy atom. The van der Waals surface area contributed by atoms with Crippen molar-refractivity contribution in [2.24, 2.45) is 7.05 Å². The number of fused-ring (bicyclic) bond motifs is 1. The van der Waals surface area contributed by atoms with E-state index in [9.17, 15) is 20.8 Å². The van der Waals surface area contributed by atoms with Gasteiger partial charge in [-0.3, -0.25) is 9.36 Å². The highest BCUT2D eigenvalue weighted by Gasteiger charge is 2.30. The van der Waals surface area contributed by atoms with Gasteiger partial charge in [0.05, 0.1) is 36.0 Å². The Balaban J connectivity index is 1.55. The van der Waals surface area contributed by atoms with Gasteiger partial charge in [-0.15, -0.1) is 11.7 Å². The zero-order valence-corrected chi connectivity index (χ0v) is 25.9. The maximum atomic E-state index is 15.3. The van der Waals surface area contributed by atoms with Gasteiger partial charge >= 0.3 is 0 Å². The van der Waals surface area contributed by atoms with Crippen molar-refractivity contribution in [1.29, 1.82) is 0 Å². The van der Waals surface area contributed by atoms with Crippen LogP contribution in [0.2, 0.25) is 5.02 Å². The van der Waals surface area contributed by atoms with Gasteiger partial charge in [0.2, 0.25) is 6.30 Å². The highest BCUT2D eigenvalue weighted by atomic mass is 35.5. The number of aliphatic hydroxyl groups is 1. The predicted octanol–water partition coefficient (Wildman–Crippen LogP) is 5.65. The van der Waals surface area contributed by atoms with Crippen LogP contribution < -0.4 is 10.5 Å². The Morgan fingerprint density at radius 2 is 2.02 bits per heavy atom. The zero-order chi connectivity index (χ0) is 32.5. The SMILES string of the molecule is CCN(CCCc1nc2cc(N3CCO[C@@H](c4cnn(C(F)CO)c4)C3)nc(-c3ccc(Cl)cc3F)c2c(=O)n1C)S(F)(F)F. The normalized spacial score (nSPS) is 16.9. The summed E-state index contributed by atoms with van der Waals surface area (Å²) in [5, 5.41) is 13.3. The number of morpholine rings is 1. The second-order valence-corrected chi connectivity index (χ2v) is 12.1. The molecule has 1 aliphatic rings. The Bertz CT molecular complexity index is 1740. The third kappa shape index (κ3) is 7.09. The molecule has 4 heterocycles. The lowest BCUT2D eigenvalue weighted by atomic mass is 10.1. The maximum Gasteiger partial charge on any atom is 0.278 e. The molecule has 244 valence electrons. The van der Waals surface area contributed by atoms with Gasteiger partial charge in [-0.2, -0.15) is 9.40 Å². The van der Waals surface area contributed by atoms with Crippen LogP contribution in [-0.2, 0) is 18.2 Å². The van der Waals surface area contributed by atoms with Gasteiger partial charge in [-0.25, -0.2) is 23.4 Å². The number of pyridine rings is 1. The Morgan fingerprint density at radius 1 is 1.24 bits per heavy atom. The quantitative estimate of drug-likeness (QED) is 0.204. The first-order chi connectivity index (χ1) is 21.4. The number of halogens is 6. The molecule has 0 aliphatic carbocycles. The fourth-order valence-electron chi connectivity index (χ4n) is 5.21. The van der Waals surface area contributed by atoms with E-state index in [1.54, 1.807) is 6.07 Å². The van der Waals surface area contributed by atoms with Crippen LogP contribution in [0.15, 0.2) is 41.5 Å². The fraction of sp³-hybridized carbons (Fsp3) is 0.429. The predicted molar refractivity (Wildman–Crippen MR) is 162 cm³/mol. The van der Waals surface area contributed by atoms with Crippen LogP contribution in [0.25, 0.3) is 22.2 Å². The highest BCUT2D eigenvalue weighted by Crippen LogP contribution is 2.56. The molecule has 2 atom stereocenters. The Hall–Kier alpha value is -3.31. The van der Waals surface area contributed by atoms with E-state index in [1.165, 1.54) is 43.1 Å². The summed E-state index contributed by atoms with van der Waals surface area (Å²) in [6, 6.07) is 5.59. The van der Waals surface area contributed by atoms with Crippen molar-refractivity contribution in [3.05, 3.63) is 69.2 Å². The summed E-state index contributed by atoms with van der Waals surface area (Å²) in [6.07, 6.45) is 0.835. The van der Waals surface area contributed by atoms with E-state index >= 15 is 4.39 Å². The van der Waals surface area contributed by atoms with Crippen LogP contribution >= 0.6 is 23.0 Å². The van der Waals surface area contributed by atoms with E-state index in [4.69, 9.17) is 26.4 Å². The number of aliphatic hydroxyl groups excluding tert-OH is 1. The van der Waals surface area contributed by atoms with Gasteiger partial charge < -0.3 is 14.7 Å². The minimum absolute atomic E-state index is 0.0220. The second-order valence-electron chi connectivity index (χ2n) is 10.4. The number of ether oxygens (including phenoxy) is 1. The van der Waals surface area contributed by atoms with E-state index in [1.807, 2.05) is 4.90 Å². The summed E-state index contributed by atoms with van der Waals surface area (Å²) in [5.41, 5.74) is 0.304. The van der Waals surface area contributed by atoms with Crippen LogP contribution in [-0.4, -0.2) is 73.1 Å². The summed E-state index contributed by atoms with van der Waals surface area (Å²) in [4.78, 5) is 24.9. The summed E-state index contributed by atoms with van der Waals surface area (Å²) in [7, 11) is 1.47. The molecule has 1 unspecified atom stereocenters. The van der Waals surface area contributed by atoms with Crippen molar-refractivity contribution in [2.45, 2.75) is 32.2 Å². The highest BCUT2D eigenvalue weighted by molar-refractivity contribution is 8.18. The van der Waals surface area contributed by atoms with E-state index in [-0.39, 0.29) is 72.1 Å². The number of anilines is 1. The molecule has 0 amide bonds. The largest absolute Gasteiger partial charge is 0.391 e. The average molecular weight is 676 g/mol. The van der Waals surface area contributed by atoms with E-state index in [0.717, 1.165) is 10.7 Å². The molecular formula is C28H31ClF5N7O3S. The molecule has 1 aromatic carbocycles. The summed E-state index contributed by atoms with van der Waals surface area (Å²) in [6.45, 7) is 1.16. The second kappa shape index (κ2) is 13.6. The minimum atomic E-state index is -5.37. The van der Waals surface area contributed by atoms with Crippen LogP contribution in [0.5, 0.6) is 0 Å². The first kappa shape index (κ1) is 33.1. The topological polar surface area (TPSA) is 102 Å². The van der Waals surface area contributed by atoms with Gasteiger partial charge in [-0.05, 0) is 24.6 Å². The van der Waals surface area contributed by atoms with Crippen molar-refractivity contribution < 1.29 is 30.3 Å². The fourth-order valence-corrected chi connectivity index (χ4v) is 6.00. The Labute approximate surface area is 262 Å². The monoisotopic (exact) mass is 675 g/mol. The van der Waals surface area contributed by atoms with Crippen LogP contribution in [0.1, 0.15) is 37.1 Å². The van der Waals surface area contributed by atoms with Crippen molar-refractivity contribution in [3.63, 3.8) is 0 Å². The maximum absolute atomic E-state index is 15.3. The summed E-state index contributed by atoms with van der Waals surface area (Å²) >= 11 is 0.617. The average Bonchev–Trinajstić information content (AvgIpc) is 3.51. The first-order valence-corrected chi connectivity index (χ1v) is 15.8. The van der Waals surface area contributed by atoms with Crippen LogP contribution in [0.3, 0.4) is 0 Å². The van der Waals surface area contributed by atoms with Crippen molar-refractivity contribution in [2.75, 3.05) is 44.3 Å². The molecule has 17 heteroatoms. The molecule has 45 heavy (non-hydrogen) atoms. The van der Waals surface area contributed by atoms with Crippen molar-refractivity contribution in [1.82, 2.24) is 28.6 Å². The number of benzene rings is 1. The van der Waals surface area contributed by atoms with Gasteiger partial charge in [0.1, 0.15) is 23.6 Å². The lowest BCUT2D eigenvalue weighted by Crippen LogP contribution is -2.39. The standard InChI is InChI=1S/C28H31ClF5N7O3S/c1-3-40(45(32,33)34)8-4-5-24-36-21-12-25(39-9-10-44-22(15-39)17-13-35-41(14-17)23(31)16-42)37-27(26(21)28(43)38(24)2)19-7-6-18(29)11-20(19)30/h6-7,11-14,22-23,42H,3-5,8-10,15-16H2,1-2H3/t22-,23?/m1/s1. The molecule has 5 rings (SSSR count). The molecular weight excluding hydrogens is 645 g/mol. The molecule has 1 aliphatic heterocycles. The van der Waals surface area contributed by atoms with Crippen molar-refractivity contribution >= 4 is 39.7 Å². The molecule has 10 nitrogen and oxygen atoms in total. The van der Waals surface area contributed by atoms with E-state index < -0.39 is 41.8 Å². The van der Waals surface area contributed by atoms with E-state index in [0.29, 0.717) is 22.2 Å². The number of hydrogen-bond acceptors (Lipinski definition) is 8. The molecule has 0 spiro atoms. The van der Waals surface area contributed by atoms with Gasteiger partial charge in [0.15, 0.2) is 0 Å². The molecule has 0 saturated carbocycles. The number of alkyl halides is 1. The van der Waals surface area contributed by atoms with E-state index in [2.05, 4.69) is 10.1 Å². The molecule has 0 radical (unpaired) electrons. The molecule has 1 fully saturated rings. The van der Waals surface area contributed by atoms with Gasteiger partial charge in [0.25, 0.3) is 16.9 Å². The smallest absolute Gasteiger partial charge is 0.278 e. The molecule has 3 aromatic heterocycles. The van der Waals surface area contributed by atoms with Crippen LogP contribution in [0.4, 0.5) is 26.3 Å². The van der Waals surface area contributed by atoms with Gasteiger partial charge in [0, 0.05) is 68.1 Å². The molecule has 4 aromatic rings. The molecule has 1 saturated heterocycles. The lowest BCUT2D eigenvalue weighted by Gasteiger charge is -2.33. The number of nitrogens with zero attached hydrogens (tertiary/aromatic N) is 7. The Kier molecular flexibility index (Phi) is 9.98. The number of aromatic nitrogens is 5. The summed E-state index contributed by atoms with van der Waals surface area (Å²) in [5.74, 6) is -0.0704. The lowest BCUT2D eigenvalue weighted by molar-refractivity contribution is 0.0392. The number of aryl methyl sites for hydroxylation is 1. The molecule has 1 N–H and O–H groups in total. The first-order valence-electron chi connectivity index (χ1n) is 14.1.